The van der Waals surface area contributed by atoms with Gasteiger partial charge in [0.1, 0.15) is 31.0 Å². The Morgan fingerprint density at radius 2 is 0.929 bits per heavy atom. The van der Waals surface area contributed by atoms with Crippen molar-refractivity contribution < 1.29 is 48.7 Å². The highest BCUT2D eigenvalue weighted by Crippen LogP contribution is 2.23. The molecule has 0 saturated carbocycles. The van der Waals surface area contributed by atoms with Crippen LogP contribution in [0.2, 0.25) is 0 Å². The number of carbonyl (C=O) groups excluding carboxylic acids is 3. The van der Waals surface area contributed by atoms with Gasteiger partial charge < -0.3 is 39.6 Å². The molecule has 0 aliphatic carbocycles. The molecule has 0 radical (unpaired) electrons. The zero-order chi connectivity index (χ0) is 41.1. The number of rotatable bonds is 38. The summed E-state index contributed by atoms with van der Waals surface area (Å²) in [4.78, 5) is 38.0. The van der Waals surface area contributed by atoms with Crippen LogP contribution in [0.4, 0.5) is 0 Å². The Bertz CT molecular complexity index is 952. The number of aliphatic hydroxyl groups excluding tert-OH is 3. The van der Waals surface area contributed by atoms with Gasteiger partial charge in [-0.05, 0) is 19.3 Å². The second-order valence-corrected chi connectivity index (χ2v) is 16.2. The first-order chi connectivity index (χ1) is 27.2. The van der Waals surface area contributed by atoms with Crippen LogP contribution in [0.5, 0.6) is 0 Å². The van der Waals surface area contributed by atoms with E-state index >= 15 is 0 Å². The van der Waals surface area contributed by atoms with Crippen LogP contribution in [-0.4, -0.2) is 89.7 Å². The topological polar surface area (TPSA) is 161 Å². The second-order valence-electron chi connectivity index (χ2n) is 16.2. The summed E-state index contributed by atoms with van der Waals surface area (Å²) in [5.74, 6) is -0.978. The van der Waals surface area contributed by atoms with Crippen molar-refractivity contribution in [2.75, 3.05) is 19.8 Å². The van der Waals surface area contributed by atoms with Gasteiger partial charge in [-0.15, -0.1) is 0 Å². The minimum atomic E-state index is -1.59. The molecule has 11 nitrogen and oxygen atoms in total. The first kappa shape index (κ1) is 52.2. The lowest BCUT2D eigenvalue weighted by atomic mass is 9.98. The molecule has 0 bridgehead atoms. The van der Waals surface area contributed by atoms with Crippen molar-refractivity contribution in [3.8, 4) is 0 Å². The van der Waals surface area contributed by atoms with E-state index in [9.17, 15) is 29.7 Å². The van der Waals surface area contributed by atoms with E-state index in [-0.39, 0.29) is 44.5 Å². The molecule has 56 heavy (non-hydrogen) atoms. The quantitative estimate of drug-likeness (QED) is 0.0350. The summed E-state index contributed by atoms with van der Waals surface area (Å²) in [6.45, 7) is 6.07. The predicted molar refractivity (Wildman–Crippen MR) is 222 cm³/mol. The standard InChI is InChI=1S/C45H85NO10/c1-4-7-10-13-16-19-22-25-28-31-39(47)46-34-38-42(50)43(51)44(52)45(56-38)54-36-37(55-41(49)33-30-27-24-21-18-15-12-9-6-3)35-53-40(48)32-29-26-23-20-17-14-11-8-5-2/h37-38,42-45,50-52H,4-36H2,1-3H3,(H,46,47)/t37-,38-,42-,43+,44+,45+/m1/s1. The van der Waals surface area contributed by atoms with Gasteiger partial charge in [-0.25, -0.2) is 0 Å². The lowest BCUT2D eigenvalue weighted by molar-refractivity contribution is -0.299. The molecule has 330 valence electrons. The molecule has 1 aliphatic heterocycles. The molecule has 0 aromatic rings. The summed E-state index contributed by atoms with van der Waals surface area (Å²) >= 11 is 0. The second kappa shape index (κ2) is 36.3. The van der Waals surface area contributed by atoms with Crippen molar-refractivity contribution >= 4 is 17.8 Å². The van der Waals surface area contributed by atoms with Crippen LogP contribution in [0.3, 0.4) is 0 Å². The summed E-state index contributed by atoms with van der Waals surface area (Å²) < 4.78 is 22.8. The summed E-state index contributed by atoms with van der Waals surface area (Å²) in [6.07, 6.45) is 23.5. The highest BCUT2D eigenvalue weighted by molar-refractivity contribution is 5.75. The fourth-order valence-electron chi connectivity index (χ4n) is 7.10. The van der Waals surface area contributed by atoms with E-state index in [1.807, 2.05) is 0 Å². The van der Waals surface area contributed by atoms with Gasteiger partial charge >= 0.3 is 11.9 Å². The maximum atomic E-state index is 12.8. The number of nitrogens with one attached hydrogen (secondary N) is 1. The zero-order valence-electron chi connectivity index (χ0n) is 36.0. The van der Waals surface area contributed by atoms with Gasteiger partial charge in [0, 0.05) is 25.8 Å². The Balaban J connectivity index is 2.59. The van der Waals surface area contributed by atoms with E-state index in [4.69, 9.17) is 18.9 Å². The Labute approximate surface area is 341 Å². The number of hydrogen-bond acceptors (Lipinski definition) is 10. The first-order valence-corrected chi connectivity index (χ1v) is 23.2. The number of hydrogen-bond donors (Lipinski definition) is 4. The molecule has 1 aliphatic rings. The maximum absolute atomic E-state index is 12.8. The number of amides is 1. The lowest BCUT2D eigenvalue weighted by Gasteiger charge is -2.40. The van der Waals surface area contributed by atoms with E-state index in [0.29, 0.717) is 12.8 Å². The van der Waals surface area contributed by atoms with E-state index in [0.717, 1.165) is 57.8 Å². The smallest absolute Gasteiger partial charge is 0.306 e. The minimum absolute atomic E-state index is 0.0747. The fourth-order valence-corrected chi connectivity index (χ4v) is 7.10. The van der Waals surface area contributed by atoms with Crippen LogP contribution in [0.1, 0.15) is 213 Å². The summed E-state index contributed by atoms with van der Waals surface area (Å²) in [7, 11) is 0. The third-order valence-corrected chi connectivity index (χ3v) is 10.8. The normalized spacial score (nSPS) is 20.1. The molecular weight excluding hydrogens is 714 g/mol. The molecule has 0 unspecified atom stereocenters. The largest absolute Gasteiger partial charge is 0.462 e. The van der Waals surface area contributed by atoms with Crippen molar-refractivity contribution in [1.29, 1.82) is 0 Å². The molecular formula is C45H85NO10. The van der Waals surface area contributed by atoms with Gasteiger partial charge in [0.15, 0.2) is 12.4 Å². The molecule has 0 spiro atoms. The average molecular weight is 800 g/mol. The van der Waals surface area contributed by atoms with Gasteiger partial charge in [0.25, 0.3) is 0 Å². The Morgan fingerprint density at radius 3 is 1.39 bits per heavy atom. The van der Waals surface area contributed by atoms with Gasteiger partial charge in [-0.3, -0.25) is 14.4 Å². The number of esters is 2. The fraction of sp³-hybridized carbons (Fsp3) is 0.933. The monoisotopic (exact) mass is 800 g/mol. The van der Waals surface area contributed by atoms with Crippen LogP contribution in [0, 0.1) is 0 Å². The van der Waals surface area contributed by atoms with Gasteiger partial charge in [-0.1, -0.05) is 175 Å². The number of unbranched alkanes of at least 4 members (excludes halogenated alkanes) is 24. The van der Waals surface area contributed by atoms with Gasteiger partial charge in [-0.2, -0.15) is 0 Å². The van der Waals surface area contributed by atoms with E-state index in [2.05, 4.69) is 26.1 Å². The predicted octanol–water partition coefficient (Wildman–Crippen LogP) is 9.14. The van der Waals surface area contributed by atoms with Crippen molar-refractivity contribution in [2.45, 2.75) is 250 Å². The van der Waals surface area contributed by atoms with E-state index in [1.165, 1.54) is 109 Å². The number of carbonyl (C=O) groups is 3. The SMILES string of the molecule is CCCCCCCCCCCC(=O)NC[C@H]1O[C@H](OC[C@@H](COC(=O)CCCCCCCCCCC)OC(=O)CCCCCCCCCCC)[C@@H](O)[C@@H](O)[C@@H]1O. The maximum Gasteiger partial charge on any atom is 0.306 e. The lowest BCUT2D eigenvalue weighted by Crippen LogP contribution is -2.60. The number of aliphatic hydroxyl groups is 3. The molecule has 0 aromatic heterocycles. The van der Waals surface area contributed by atoms with Crippen LogP contribution >= 0.6 is 0 Å². The van der Waals surface area contributed by atoms with E-state index < -0.39 is 42.8 Å². The third-order valence-electron chi connectivity index (χ3n) is 10.8. The molecule has 1 fully saturated rings. The zero-order valence-corrected chi connectivity index (χ0v) is 36.0. The Hall–Kier alpha value is -1.79. The van der Waals surface area contributed by atoms with Gasteiger partial charge in [0.2, 0.25) is 5.91 Å². The molecule has 1 heterocycles. The number of ether oxygens (including phenoxy) is 4. The molecule has 1 amide bonds. The Morgan fingerprint density at radius 1 is 0.518 bits per heavy atom. The van der Waals surface area contributed by atoms with Crippen LogP contribution in [0.25, 0.3) is 0 Å². The molecule has 6 atom stereocenters. The third kappa shape index (κ3) is 27.8. The highest BCUT2D eigenvalue weighted by atomic mass is 16.7. The van der Waals surface area contributed by atoms with Crippen molar-refractivity contribution in [3.05, 3.63) is 0 Å². The van der Waals surface area contributed by atoms with Crippen LogP contribution in [-0.2, 0) is 33.3 Å². The minimum Gasteiger partial charge on any atom is -0.462 e. The molecule has 4 N–H and O–H groups in total. The molecule has 1 saturated heterocycles. The van der Waals surface area contributed by atoms with Crippen molar-refractivity contribution in [1.82, 2.24) is 5.32 Å². The Kier molecular flexibility index (Phi) is 33.9. The van der Waals surface area contributed by atoms with Crippen molar-refractivity contribution in [3.63, 3.8) is 0 Å². The molecule has 0 aromatic carbocycles. The van der Waals surface area contributed by atoms with Crippen LogP contribution < -0.4 is 5.32 Å². The van der Waals surface area contributed by atoms with E-state index in [1.54, 1.807) is 0 Å². The average Bonchev–Trinajstić information content (AvgIpc) is 3.19. The summed E-state index contributed by atoms with van der Waals surface area (Å²) in [5.41, 5.74) is 0. The highest BCUT2D eigenvalue weighted by Gasteiger charge is 2.44. The van der Waals surface area contributed by atoms with Gasteiger partial charge in [0.05, 0.1) is 6.61 Å². The summed E-state index contributed by atoms with van der Waals surface area (Å²) in [5, 5.41) is 34.7. The first-order valence-electron chi connectivity index (χ1n) is 23.2. The van der Waals surface area contributed by atoms with Crippen molar-refractivity contribution in [2.24, 2.45) is 0 Å². The summed E-state index contributed by atoms with van der Waals surface area (Å²) in [6, 6.07) is 0. The molecule has 1 rings (SSSR count). The van der Waals surface area contributed by atoms with Crippen LogP contribution in [0.15, 0.2) is 0 Å². The molecule has 11 heteroatoms.